The van der Waals surface area contributed by atoms with E-state index < -0.39 is 0 Å². The standard InChI is InChI=1S/C16H16N2O2.2H2/c1-9-6-10(2)17-15(9)8-13-12-7-11(20-3)4-5-14(12)18-16(13)19;;/h4-8,17H,1-3H3,(H,18,19);2*1H/b13-8-;;. The van der Waals surface area contributed by atoms with Crippen molar-refractivity contribution >= 4 is 23.2 Å². The van der Waals surface area contributed by atoms with Gasteiger partial charge in [-0.25, -0.2) is 0 Å². The second-order valence-electron chi connectivity index (χ2n) is 4.97. The summed E-state index contributed by atoms with van der Waals surface area (Å²) in [6.45, 7) is 4.02. The molecular formula is C16H20N2O2. The average molecular weight is 272 g/mol. The monoisotopic (exact) mass is 272 g/mol. The Labute approximate surface area is 120 Å². The number of carbonyl (C=O) groups is 1. The fourth-order valence-electron chi connectivity index (χ4n) is 2.48. The van der Waals surface area contributed by atoms with Crippen molar-refractivity contribution in [3.8, 4) is 5.75 Å². The van der Waals surface area contributed by atoms with Gasteiger partial charge in [0, 0.05) is 25.5 Å². The van der Waals surface area contributed by atoms with Crippen LogP contribution in [0.15, 0.2) is 24.3 Å². The fraction of sp³-hybridized carbons (Fsp3) is 0.188. The number of amides is 1. The van der Waals surface area contributed by atoms with Crippen molar-refractivity contribution in [3.05, 3.63) is 46.8 Å². The fourth-order valence-corrected chi connectivity index (χ4v) is 2.48. The lowest BCUT2D eigenvalue weighted by atomic mass is 10.0. The molecule has 0 radical (unpaired) electrons. The molecule has 1 aliphatic rings. The van der Waals surface area contributed by atoms with Crippen LogP contribution in [-0.2, 0) is 4.79 Å². The summed E-state index contributed by atoms with van der Waals surface area (Å²) in [5.74, 6) is 0.658. The van der Waals surface area contributed by atoms with Crippen LogP contribution in [0.5, 0.6) is 5.75 Å². The maximum absolute atomic E-state index is 12.1. The van der Waals surface area contributed by atoms with Crippen LogP contribution in [0, 0.1) is 13.8 Å². The van der Waals surface area contributed by atoms with Gasteiger partial charge in [-0.05, 0) is 49.8 Å². The molecule has 0 spiro atoms. The van der Waals surface area contributed by atoms with Crippen molar-refractivity contribution in [2.45, 2.75) is 13.8 Å². The summed E-state index contributed by atoms with van der Waals surface area (Å²) in [6, 6.07) is 7.64. The molecule has 1 amide bonds. The van der Waals surface area contributed by atoms with Crippen LogP contribution >= 0.6 is 0 Å². The van der Waals surface area contributed by atoms with Gasteiger partial charge in [0.05, 0.1) is 12.7 Å². The molecule has 2 N–H and O–H groups in total. The Balaban J connectivity index is 0.00000121. The molecule has 3 rings (SSSR count). The van der Waals surface area contributed by atoms with Crippen molar-refractivity contribution in [2.24, 2.45) is 0 Å². The topological polar surface area (TPSA) is 54.1 Å². The smallest absolute Gasteiger partial charge is 0.256 e. The molecule has 106 valence electrons. The molecule has 4 nitrogen and oxygen atoms in total. The van der Waals surface area contributed by atoms with Crippen LogP contribution < -0.4 is 10.1 Å². The Hall–Kier alpha value is -2.49. The van der Waals surface area contributed by atoms with Gasteiger partial charge in [-0.1, -0.05) is 0 Å². The zero-order valence-corrected chi connectivity index (χ0v) is 11.7. The average Bonchev–Trinajstić information content (AvgIpc) is 2.90. The zero-order chi connectivity index (χ0) is 14.3. The highest BCUT2D eigenvalue weighted by Crippen LogP contribution is 2.35. The minimum absolute atomic E-state index is 0. The Bertz CT molecular complexity index is 736. The van der Waals surface area contributed by atoms with Gasteiger partial charge in [0.1, 0.15) is 5.75 Å². The van der Waals surface area contributed by atoms with Crippen LogP contribution in [0.3, 0.4) is 0 Å². The highest BCUT2D eigenvalue weighted by Gasteiger charge is 2.24. The lowest BCUT2D eigenvalue weighted by Crippen LogP contribution is -2.03. The molecule has 20 heavy (non-hydrogen) atoms. The predicted molar refractivity (Wildman–Crippen MR) is 84.0 cm³/mol. The van der Waals surface area contributed by atoms with Gasteiger partial charge in [-0.2, -0.15) is 0 Å². The summed E-state index contributed by atoms with van der Waals surface area (Å²) in [5.41, 5.74) is 5.52. The molecule has 1 aliphatic heterocycles. The molecule has 2 heterocycles. The molecule has 0 atom stereocenters. The Morgan fingerprint density at radius 1 is 1.25 bits per heavy atom. The van der Waals surface area contributed by atoms with Gasteiger partial charge in [0.25, 0.3) is 5.91 Å². The molecule has 1 aromatic carbocycles. The molecule has 0 unspecified atom stereocenters. The second-order valence-corrected chi connectivity index (χ2v) is 4.97. The lowest BCUT2D eigenvalue weighted by Gasteiger charge is -2.03. The first-order valence-electron chi connectivity index (χ1n) is 6.46. The maximum Gasteiger partial charge on any atom is 0.256 e. The van der Waals surface area contributed by atoms with Gasteiger partial charge in [-0.15, -0.1) is 0 Å². The quantitative estimate of drug-likeness (QED) is 0.820. The number of rotatable bonds is 2. The van der Waals surface area contributed by atoms with E-state index in [2.05, 4.69) is 16.4 Å². The Morgan fingerprint density at radius 3 is 2.70 bits per heavy atom. The van der Waals surface area contributed by atoms with Crippen LogP contribution in [0.2, 0.25) is 0 Å². The molecule has 0 fully saturated rings. The van der Waals surface area contributed by atoms with Crippen molar-refractivity contribution in [2.75, 3.05) is 12.4 Å². The van der Waals surface area contributed by atoms with Crippen LogP contribution in [0.1, 0.15) is 25.4 Å². The van der Waals surface area contributed by atoms with E-state index in [-0.39, 0.29) is 8.76 Å². The molecule has 0 aliphatic carbocycles. The normalized spacial score (nSPS) is 15.3. The van der Waals surface area contributed by atoms with Crippen molar-refractivity contribution in [3.63, 3.8) is 0 Å². The van der Waals surface area contributed by atoms with Gasteiger partial charge >= 0.3 is 0 Å². The van der Waals surface area contributed by atoms with Crippen molar-refractivity contribution in [1.82, 2.24) is 4.98 Å². The number of hydrogen-bond acceptors (Lipinski definition) is 2. The number of ether oxygens (including phenoxy) is 1. The summed E-state index contributed by atoms with van der Waals surface area (Å²) in [5, 5.41) is 2.87. The largest absolute Gasteiger partial charge is 0.497 e. The third-order valence-electron chi connectivity index (χ3n) is 3.49. The first-order valence-corrected chi connectivity index (χ1v) is 6.46. The van der Waals surface area contributed by atoms with E-state index in [0.717, 1.165) is 34.0 Å². The molecule has 2 aromatic rings. The van der Waals surface area contributed by atoms with Crippen molar-refractivity contribution in [1.29, 1.82) is 0 Å². The third-order valence-corrected chi connectivity index (χ3v) is 3.49. The number of benzene rings is 1. The van der Waals surface area contributed by atoms with E-state index >= 15 is 0 Å². The molecule has 0 bridgehead atoms. The summed E-state index contributed by atoms with van der Waals surface area (Å²) < 4.78 is 5.23. The van der Waals surface area contributed by atoms with Crippen LogP contribution in [0.4, 0.5) is 5.69 Å². The second kappa shape index (κ2) is 4.56. The highest BCUT2D eigenvalue weighted by atomic mass is 16.5. The number of H-pyrrole nitrogens is 1. The predicted octanol–water partition coefficient (Wildman–Crippen LogP) is 3.62. The summed E-state index contributed by atoms with van der Waals surface area (Å²) in [6.07, 6.45) is 1.89. The van der Waals surface area contributed by atoms with E-state index in [1.54, 1.807) is 7.11 Å². The first kappa shape index (κ1) is 12.5. The number of carbonyl (C=O) groups excluding carboxylic acids is 1. The molecule has 0 saturated heterocycles. The number of nitrogens with one attached hydrogen (secondary N) is 2. The highest BCUT2D eigenvalue weighted by molar-refractivity contribution is 6.35. The minimum atomic E-state index is -0.0834. The number of hydrogen-bond donors (Lipinski definition) is 2. The molecular weight excluding hydrogens is 252 g/mol. The Kier molecular flexibility index (Phi) is 2.86. The Morgan fingerprint density at radius 2 is 2.05 bits per heavy atom. The number of aromatic amines is 1. The van der Waals surface area contributed by atoms with E-state index in [0.29, 0.717) is 5.57 Å². The number of anilines is 1. The van der Waals surface area contributed by atoms with E-state index in [9.17, 15) is 4.79 Å². The van der Waals surface area contributed by atoms with Crippen molar-refractivity contribution < 1.29 is 12.4 Å². The maximum atomic E-state index is 12.1. The summed E-state index contributed by atoms with van der Waals surface area (Å²) in [4.78, 5) is 15.4. The third kappa shape index (κ3) is 1.99. The van der Waals surface area contributed by atoms with E-state index in [1.165, 1.54) is 0 Å². The van der Waals surface area contributed by atoms with Gasteiger partial charge in [0.2, 0.25) is 0 Å². The first-order chi connectivity index (χ1) is 9.58. The van der Waals surface area contributed by atoms with Crippen LogP contribution in [0.25, 0.3) is 11.6 Å². The van der Waals surface area contributed by atoms with Gasteiger partial charge in [0.15, 0.2) is 0 Å². The number of aryl methyl sites for hydroxylation is 2. The summed E-state index contributed by atoms with van der Waals surface area (Å²) in [7, 11) is 1.62. The zero-order valence-electron chi connectivity index (χ0n) is 11.7. The van der Waals surface area contributed by atoms with Crippen LogP contribution in [-0.4, -0.2) is 18.0 Å². The molecule has 1 aromatic heterocycles. The van der Waals surface area contributed by atoms with E-state index in [4.69, 9.17) is 4.74 Å². The molecule has 4 heteroatoms. The number of fused-ring (bicyclic) bond motifs is 1. The van der Waals surface area contributed by atoms with E-state index in [1.807, 2.05) is 38.1 Å². The minimum Gasteiger partial charge on any atom is -0.497 e. The number of aromatic nitrogens is 1. The lowest BCUT2D eigenvalue weighted by molar-refractivity contribution is -0.110. The molecule has 0 saturated carbocycles. The van der Waals surface area contributed by atoms with Gasteiger partial charge in [-0.3, -0.25) is 4.79 Å². The van der Waals surface area contributed by atoms with Gasteiger partial charge < -0.3 is 15.0 Å². The number of methoxy groups -OCH3 is 1. The summed E-state index contributed by atoms with van der Waals surface area (Å²) >= 11 is 0. The SMILES string of the molecule is COc1ccc2c(c1)/C(=C/c1[nH]c(C)cc1C)C(=O)N2.[HH].[HH].